The van der Waals surface area contributed by atoms with Gasteiger partial charge in [0.1, 0.15) is 0 Å². The molecule has 0 spiro atoms. The van der Waals surface area contributed by atoms with Crippen LogP contribution in [0.25, 0.3) is 11.0 Å². The van der Waals surface area contributed by atoms with E-state index in [1.165, 1.54) is 12.1 Å². The molecule has 7 nitrogen and oxygen atoms in total. The second-order valence-electron chi connectivity index (χ2n) is 6.69. The van der Waals surface area contributed by atoms with Crippen LogP contribution in [0, 0.1) is 6.92 Å². The summed E-state index contributed by atoms with van der Waals surface area (Å²) in [5.41, 5.74) is 3.96. The molecule has 1 atom stereocenters. The molecule has 0 radical (unpaired) electrons. The number of amides is 1. The summed E-state index contributed by atoms with van der Waals surface area (Å²) in [5.74, 6) is -0.0251. The number of aromatic nitrogens is 2. The monoisotopic (exact) mass is 382 g/mol. The van der Waals surface area contributed by atoms with Crippen LogP contribution in [0.2, 0.25) is 0 Å². The van der Waals surface area contributed by atoms with E-state index in [4.69, 9.17) is 5.14 Å². The number of carbonyl (C=O) groups excluding carboxylic acids is 1. The van der Waals surface area contributed by atoms with E-state index in [1.54, 1.807) is 23.2 Å². The summed E-state index contributed by atoms with van der Waals surface area (Å²) in [5, 5.41) is 5.99. The summed E-state index contributed by atoms with van der Waals surface area (Å²) in [6.07, 6.45) is 1.99. The summed E-state index contributed by atoms with van der Waals surface area (Å²) >= 11 is 0. The SMILES string of the molecule is Cc1ccc2c3c(cnc2n1)CC(=O)N3[C@H](C)c1ccc(S(N)(=O)=O)cc1. The molecule has 0 saturated carbocycles. The van der Waals surface area contributed by atoms with Crippen LogP contribution >= 0.6 is 0 Å². The van der Waals surface area contributed by atoms with Crippen molar-refractivity contribution in [1.82, 2.24) is 9.97 Å². The lowest BCUT2D eigenvalue weighted by Crippen LogP contribution is -2.30. The Bertz CT molecular complexity index is 1170. The van der Waals surface area contributed by atoms with Gasteiger partial charge < -0.3 is 4.90 Å². The lowest BCUT2D eigenvalue weighted by molar-refractivity contribution is -0.117. The molecule has 27 heavy (non-hydrogen) atoms. The second kappa shape index (κ2) is 6.11. The van der Waals surface area contributed by atoms with Gasteiger partial charge in [0.15, 0.2) is 5.65 Å². The van der Waals surface area contributed by atoms with Gasteiger partial charge in [-0.3, -0.25) is 4.79 Å². The molecule has 1 aromatic carbocycles. The number of anilines is 1. The second-order valence-corrected chi connectivity index (χ2v) is 8.25. The Kier molecular flexibility index (Phi) is 3.97. The van der Waals surface area contributed by atoms with Gasteiger partial charge in [-0.2, -0.15) is 0 Å². The molecule has 138 valence electrons. The molecule has 1 aliphatic heterocycles. The normalized spacial score (nSPS) is 15.2. The Hall–Kier alpha value is -2.84. The highest BCUT2D eigenvalue weighted by Crippen LogP contribution is 2.40. The van der Waals surface area contributed by atoms with Crippen LogP contribution < -0.4 is 10.0 Å². The molecule has 3 aromatic rings. The van der Waals surface area contributed by atoms with Crippen molar-refractivity contribution in [2.24, 2.45) is 5.14 Å². The number of fused-ring (bicyclic) bond motifs is 3. The molecular formula is C19H18N4O3S. The molecule has 0 fully saturated rings. The number of primary sulfonamides is 1. The summed E-state index contributed by atoms with van der Waals surface area (Å²) in [6, 6.07) is 9.84. The first-order valence-corrected chi connectivity index (χ1v) is 10.0. The van der Waals surface area contributed by atoms with Crippen molar-refractivity contribution in [3.63, 3.8) is 0 Å². The molecule has 2 aromatic heterocycles. The minimum atomic E-state index is -3.75. The van der Waals surface area contributed by atoms with Crippen molar-refractivity contribution >= 4 is 32.7 Å². The fourth-order valence-electron chi connectivity index (χ4n) is 3.48. The molecule has 0 bridgehead atoms. The molecule has 8 heteroatoms. The minimum absolute atomic E-state index is 0.0251. The number of hydrogen-bond acceptors (Lipinski definition) is 5. The number of carbonyl (C=O) groups is 1. The predicted octanol–water partition coefficient (Wildman–Crippen LogP) is 2.24. The van der Waals surface area contributed by atoms with Crippen molar-refractivity contribution in [2.45, 2.75) is 31.2 Å². The predicted molar refractivity (Wildman–Crippen MR) is 102 cm³/mol. The number of rotatable bonds is 3. The number of hydrogen-bond donors (Lipinski definition) is 1. The maximum Gasteiger partial charge on any atom is 0.238 e. The summed E-state index contributed by atoms with van der Waals surface area (Å²) in [4.78, 5) is 23.4. The van der Waals surface area contributed by atoms with Crippen molar-refractivity contribution in [3.8, 4) is 0 Å². The Morgan fingerprint density at radius 3 is 2.52 bits per heavy atom. The molecule has 0 aliphatic carbocycles. The van der Waals surface area contributed by atoms with Gasteiger partial charge >= 0.3 is 0 Å². The van der Waals surface area contributed by atoms with Crippen LogP contribution in [-0.2, 0) is 21.2 Å². The first-order chi connectivity index (χ1) is 12.8. The molecule has 1 aliphatic rings. The average Bonchev–Trinajstić information content (AvgIpc) is 2.96. The van der Waals surface area contributed by atoms with E-state index in [0.29, 0.717) is 5.65 Å². The van der Waals surface area contributed by atoms with Crippen molar-refractivity contribution in [1.29, 1.82) is 0 Å². The molecule has 4 rings (SSSR count). The van der Waals surface area contributed by atoms with Crippen LogP contribution in [0.1, 0.15) is 29.8 Å². The van der Waals surface area contributed by atoms with E-state index < -0.39 is 10.0 Å². The lowest BCUT2D eigenvalue weighted by Gasteiger charge is -2.26. The van der Waals surface area contributed by atoms with E-state index in [-0.39, 0.29) is 23.3 Å². The first kappa shape index (κ1) is 17.6. The van der Waals surface area contributed by atoms with E-state index in [1.807, 2.05) is 26.0 Å². The van der Waals surface area contributed by atoms with Crippen LogP contribution in [-0.4, -0.2) is 24.3 Å². The molecular weight excluding hydrogens is 364 g/mol. The zero-order valence-corrected chi connectivity index (χ0v) is 15.7. The molecule has 1 amide bonds. The summed E-state index contributed by atoms with van der Waals surface area (Å²) in [6.45, 7) is 3.81. The van der Waals surface area contributed by atoms with E-state index in [0.717, 1.165) is 27.9 Å². The van der Waals surface area contributed by atoms with Gasteiger partial charge in [-0.1, -0.05) is 12.1 Å². The maximum absolute atomic E-state index is 12.7. The van der Waals surface area contributed by atoms with Gasteiger partial charge in [-0.15, -0.1) is 0 Å². The third-order valence-electron chi connectivity index (χ3n) is 4.85. The standard InChI is InChI=1S/C19H18N4O3S/c1-11-3-8-16-18-14(10-21-19(16)22-11)9-17(24)23(18)12(2)13-4-6-15(7-5-13)27(20,25)26/h3-8,10,12H,9H2,1-2H3,(H2,20,25,26)/t12-/m1/s1. The third-order valence-corrected chi connectivity index (χ3v) is 5.78. The number of nitrogens with two attached hydrogens (primary N) is 1. The number of aryl methyl sites for hydroxylation is 1. The van der Waals surface area contributed by atoms with Crippen LogP contribution in [0.5, 0.6) is 0 Å². The Morgan fingerprint density at radius 1 is 1.15 bits per heavy atom. The number of sulfonamides is 1. The quantitative estimate of drug-likeness (QED) is 0.748. The van der Waals surface area contributed by atoms with Crippen LogP contribution in [0.4, 0.5) is 5.69 Å². The Labute approximate surface area is 156 Å². The van der Waals surface area contributed by atoms with Gasteiger partial charge in [0.05, 0.1) is 23.0 Å². The number of benzene rings is 1. The largest absolute Gasteiger partial charge is 0.304 e. The summed E-state index contributed by atoms with van der Waals surface area (Å²) in [7, 11) is -3.75. The molecule has 2 N–H and O–H groups in total. The number of pyridine rings is 2. The van der Waals surface area contributed by atoms with Gasteiger partial charge in [0.2, 0.25) is 15.9 Å². The highest BCUT2D eigenvalue weighted by molar-refractivity contribution is 7.89. The molecule has 3 heterocycles. The highest BCUT2D eigenvalue weighted by Gasteiger charge is 2.34. The number of nitrogens with zero attached hydrogens (tertiary/aromatic N) is 3. The topological polar surface area (TPSA) is 106 Å². The van der Waals surface area contributed by atoms with Crippen molar-refractivity contribution in [3.05, 3.63) is 59.4 Å². The van der Waals surface area contributed by atoms with Gasteiger partial charge in [0.25, 0.3) is 0 Å². The zero-order chi connectivity index (χ0) is 19.3. The van der Waals surface area contributed by atoms with E-state index in [9.17, 15) is 13.2 Å². The van der Waals surface area contributed by atoms with Crippen LogP contribution in [0.15, 0.2) is 47.5 Å². The molecule has 0 saturated heterocycles. The zero-order valence-electron chi connectivity index (χ0n) is 14.9. The Morgan fingerprint density at radius 2 is 1.85 bits per heavy atom. The van der Waals surface area contributed by atoms with E-state index >= 15 is 0 Å². The fraction of sp³-hybridized carbons (Fsp3) is 0.211. The fourth-order valence-corrected chi connectivity index (χ4v) is 4.00. The van der Waals surface area contributed by atoms with E-state index in [2.05, 4.69) is 9.97 Å². The highest BCUT2D eigenvalue weighted by atomic mass is 32.2. The van der Waals surface area contributed by atoms with Gasteiger partial charge in [0, 0.05) is 22.8 Å². The van der Waals surface area contributed by atoms with Gasteiger partial charge in [-0.25, -0.2) is 23.5 Å². The molecule has 0 unspecified atom stereocenters. The van der Waals surface area contributed by atoms with Crippen molar-refractivity contribution < 1.29 is 13.2 Å². The Balaban J connectivity index is 1.80. The smallest absolute Gasteiger partial charge is 0.238 e. The van der Waals surface area contributed by atoms with Crippen LogP contribution in [0.3, 0.4) is 0 Å². The van der Waals surface area contributed by atoms with Crippen molar-refractivity contribution in [2.75, 3.05) is 4.90 Å². The summed E-state index contributed by atoms with van der Waals surface area (Å²) < 4.78 is 22.9. The third kappa shape index (κ3) is 2.96. The minimum Gasteiger partial charge on any atom is -0.304 e. The average molecular weight is 382 g/mol. The lowest BCUT2D eigenvalue weighted by atomic mass is 10.1. The van der Waals surface area contributed by atoms with Gasteiger partial charge in [-0.05, 0) is 43.7 Å². The first-order valence-electron chi connectivity index (χ1n) is 8.46. The maximum atomic E-state index is 12.7.